The molecular formula is C11H12N4O3. The van der Waals surface area contributed by atoms with Crippen molar-refractivity contribution in [3.05, 3.63) is 56.5 Å². The van der Waals surface area contributed by atoms with Crippen molar-refractivity contribution < 1.29 is 4.92 Å². The van der Waals surface area contributed by atoms with Crippen molar-refractivity contribution in [2.45, 2.75) is 13.5 Å². The van der Waals surface area contributed by atoms with E-state index in [4.69, 9.17) is 0 Å². The lowest BCUT2D eigenvalue weighted by Crippen LogP contribution is -2.24. The molecule has 18 heavy (non-hydrogen) atoms. The lowest BCUT2D eigenvalue weighted by molar-refractivity contribution is -0.386. The first-order valence-electron chi connectivity index (χ1n) is 5.30. The molecule has 0 spiro atoms. The number of aryl methyl sites for hydroxylation is 2. The number of hydrogen-bond donors (Lipinski definition) is 0. The highest BCUT2D eigenvalue weighted by atomic mass is 16.6. The van der Waals surface area contributed by atoms with Gasteiger partial charge in [-0.1, -0.05) is 0 Å². The average Bonchev–Trinajstić information content (AvgIpc) is 2.69. The van der Waals surface area contributed by atoms with Crippen molar-refractivity contribution in [3.63, 3.8) is 0 Å². The first kappa shape index (κ1) is 12.0. The van der Waals surface area contributed by atoms with Crippen molar-refractivity contribution in [2.24, 2.45) is 7.05 Å². The van der Waals surface area contributed by atoms with E-state index in [1.165, 1.54) is 10.6 Å². The van der Waals surface area contributed by atoms with Crippen LogP contribution >= 0.6 is 0 Å². The lowest BCUT2D eigenvalue weighted by Gasteiger charge is -2.06. The van der Waals surface area contributed by atoms with Crippen molar-refractivity contribution in [3.8, 4) is 0 Å². The van der Waals surface area contributed by atoms with Gasteiger partial charge in [0, 0.05) is 31.7 Å². The van der Waals surface area contributed by atoms with E-state index >= 15 is 0 Å². The van der Waals surface area contributed by atoms with Gasteiger partial charge < -0.3 is 9.13 Å². The van der Waals surface area contributed by atoms with Gasteiger partial charge in [-0.2, -0.15) is 0 Å². The maximum absolute atomic E-state index is 11.9. The zero-order valence-corrected chi connectivity index (χ0v) is 10.0. The zero-order chi connectivity index (χ0) is 13.3. The summed E-state index contributed by atoms with van der Waals surface area (Å²) in [5, 5.41) is 10.8. The quantitative estimate of drug-likeness (QED) is 0.595. The molecule has 2 heterocycles. The number of rotatable bonds is 3. The zero-order valence-electron chi connectivity index (χ0n) is 10.0. The maximum Gasteiger partial charge on any atom is 0.334 e. The Balaban J connectivity index is 2.49. The van der Waals surface area contributed by atoms with Gasteiger partial charge in [0.05, 0.1) is 11.5 Å². The topological polar surface area (TPSA) is 83.0 Å². The van der Waals surface area contributed by atoms with E-state index < -0.39 is 16.2 Å². The summed E-state index contributed by atoms with van der Waals surface area (Å²) in [6.45, 7) is 1.92. The van der Waals surface area contributed by atoms with Gasteiger partial charge >= 0.3 is 11.2 Å². The maximum atomic E-state index is 11.9. The number of nitrogens with zero attached hydrogens (tertiary/aromatic N) is 4. The van der Waals surface area contributed by atoms with Gasteiger partial charge in [0.1, 0.15) is 5.82 Å². The summed E-state index contributed by atoms with van der Waals surface area (Å²) >= 11 is 0. The van der Waals surface area contributed by atoms with Crippen molar-refractivity contribution >= 4 is 5.69 Å². The third kappa shape index (κ3) is 2.15. The summed E-state index contributed by atoms with van der Waals surface area (Å²) in [5.41, 5.74) is -0.367. The minimum atomic E-state index is -0.662. The molecule has 0 aliphatic rings. The second-order valence-electron chi connectivity index (χ2n) is 4.05. The van der Waals surface area contributed by atoms with Crippen LogP contribution in [0.25, 0.3) is 0 Å². The highest BCUT2D eigenvalue weighted by Gasteiger charge is 2.16. The molecular weight excluding hydrogens is 236 g/mol. The number of pyridine rings is 1. The molecule has 0 fully saturated rings. The number of nitro groups is 1. The molecule has 94 valence electrons. The van der Waals surface area contributed by atoms with E-state index in [0.717, 1.165) is 0 Å². The van der Waals surface area contributed by atoms with Crippen LogP contribution in [0.4, 0.5) is 5.69 Å². The number of hydrogen-bond acceptors (Lipinski definition) is 4. The largest absolute Gasteiger partial charge is 0.337 e. The normalized spacial score (nSPS) is 10.6. The Morgan fingerprint density at radius 3 is 2.78 bits per heavy atom. The molecule has 0 atom stereocenters. The first-order chi connectivity index (χ1) is 8.49. The Hall–Kier alpha value is -2.44. The minimum absolute atomic E-state index is 0.213. The number of imidazole rings is 1. The van der Waals surface area contributed by atoms with E-state index in [-0.39, 0.29) is 6.54 Å². The smallest absolute Gasteiger partial charge is 0.334 e. The predicted octanol–water partition coefficient (Wildman–Crippen LogP) is 0.847. The molecule has 2 rings (SSSR count). The second kappa shape index (κ2) is 4.44. The average molecular weight is 248 g/mol. The molecule has 0 amide bonds. The first-order valence-corrected chi connectivity index (χ1v) is 5.30. The van der Waals surface area contributed by atoms with Gasteiger partial charge in [-0.3, -0.25) is 14.9 Å². The Labute approximate surface area is 102 Å². The van der Waals surface area contributed by atoms with E-state index in [2.05, 4.69) is 4.98 Å². The molecule has 7 heteroatoms. The van der Waals surface area contributed by atoms with Gasteiger partial charge in [0.25, 0.3) is 0 Å². The van der Waals surface area contributed by atoms with E-state index in [1.807, 2.05) is 0 Å². The molecule has 2 aromatic rings. The third-order valence-electron chi connectivity index (χ3n) is 2.63. The van der Waals surface area contributed by atoms with Crippen LogP contribution in [0.3, 0.4) is 0 Å². The van der Waals surface area contributed by atoms with Crippen LogP contribution in [-0.2, 0) is 13.6 Å². The molecule has 0 aromatic carbocycles. The van der Waals surface area contributed by atoms with Gasteiger partial charge in [0.2, 0.25) is 0 Å². The van der Waals surface area contributed by atoms with Gasteiger partial charge in [0.15, 0.2) is 0 Å². The van der Waals surface area contributed by atoms with Crippen LogP contribution in [-0.4, -0.2) is 19.0 Å². The molecule has 0 radical (unpaired) electrons. The van der Waals surface area contributed by atoms with Crippen LogP contribution in [0.15, 0.2) is 29.5 Å². The Kier molecular flexibility index (Phi) is 2.97. The van der Waals surface area contributed by atoms with Crippen molar-refractivity contribution in [1.82, 2.24) is 14.1 Å². The summed E-state index contributed by atoms with van der Waals surface area (Å²) in [5.74, 6) is 0.664. The summed E-state index contributed by atoms with van der Waals surface area (Å²) in [7, 11) is 1.80. The van der Waals surface area contributed by atoms with Gasteiger partial charge in [-0.05, 0) is 12.5 Å². The lowest BCUT2D eigenvalue weighted by atomic mass is 10.3. The Bertz CT molecular complexity index is 657. The standard InChI is InChI=1S/C11H12N4O3/c1-8-5-9(15(17)18)11(16)14(6-8)7-10-12-3-4-13(10)2/h3-6H,7H2,1-2H3. The molecule has 0 aliphatic heterocycles. The molecule has 0 saturated carbocycles. The highest BCUT2D eigenvalue weighted by molar-refractivity contribution is 5.30. The predicted molar refractivity (Wildman–Crippen MR) is 64.4 cm³/mol. The van der Waals surface area contributed by atoms with Gasteiger partial charge in [-0.15, -0.1) is 0 Å². The molecule has 0 N–H and O–H groups in total. The second-order valence-corrected chi connectivity index (χ2v) is 4.05. The monoisotopic (exact) mass is 248 g/mol. The molecule has 7 nitrogen and oxygen atoms in total. The molecule has 0 aliphatic carbocycles. The summed E-state index contributed by atoms with van der Waals surface area (Å²) in [6.07, 6.45) is 4.96. The van der Waals surface area contributed by atoms with Crippen LogP contribution in [0.2, 0.25) is 0 Å². The SMILES string of the molecule is Cc1cc([N+](=O)[O-])c(=O)n(Cc2nccn2C)c1. The van der Waals surface area contributed by atoms with E-state index in [1.54, 1.807) is 37.1 Å². The van der Waals surface area contributed by atoms with Gasteiger partial charge in [-0.25, -0.2) is 4.98 Å². The Morgan fingerprint density at radius 1 is 1.50 bits per heavy atom. The van der Waals surface area contributed by atoms with Crippen molar-refractivity contribution in [2.75, 3.05) is 0 Å². The summed E-state index contributed by atoms with van der Waals surface area (Å²) < 4.78 is 3.07. The Morgan fingerprint density at radius 2 is 2.22 bits per heavy atom. The number of aromatic nitrogens is 3. The van der Waals surface area contributed by atoms with Crippen molar-refractivity contribution in [1.29, 1.82) is 0 Å². The summed E-state index contributed by atoms with van der Waals surface area (Å²) in [6, 6.07) is 1.28. The minimum Gasteiger partial charge on any atom is -0.337 e. The van der Waals surface area contributed by atoms with E-state index in [9.17, 15) is 14.9 Å². The molecule has 0 saturated heterocycles. The molecule has 0 unspecified atom stereocenters. The van der Waals surface area contributed by atoms with Crippen LogP contribution in [0.5, 0.6) is 0 Å². The fraction of sp³-hybridized carbons (Fsp3) is 0.273. The fourth-order valence-corrected chi connectivity index (χ4v) is 1.72. The van der Waals surface area contributed by atoms with E-state index in [0.29, 0.717) is 11.4 Å². The third-order valence-corrected chi connectivity index (χ3v) is 2.63. The molecule has 0 bridgehead atoms. The van der Waals surface area contributed by atoms with Crippen LogP contribution < -0.4 is 5.56 Å². The highest BCUT2D eigenvalue weighted by Crippen LogP contribution is 2.08. The fourth-order valence-electron chi connectivity index (χ4n) is 1.72. The molecule has 2 aromatic heterocycles. The summed E-state index contributed by atoms with van der Waals surface area (Å²) in [4.78, 5) is 26.1. The van der Waals surface area contributed by atoms with Crippen LogP contribution in [0.1, 0.15) is 11.4 Å². The van der Waals surface area contributed by atoms with Crippen LogP contribution in [0, 0.1) is 17.0 Å².